The van der Waals surface area contributed by atoms with E-state index in [1.807, 2.05) is 6.07 Å². The third-order valence-corrected chi connectivity index (χ3v) is 4.27. The summed E-state index contributed by atoms with van der Waals surface area (Å²) in [6.45, 7) is 0. The van der Waals surface area contributed by atoms with E-state index in [1.165, 1.54) is 13.2 Å². The zero-order valence-corrected chi connectivity index (χ0v) is 13.1. The van der Waals surface area contributed by atoms with Gasteiger partial charge in [0.15, 0.2) is 0 Å². The van der Waals surface area contributed by atoms with Gasteiger partial charge in [-0.1, -0.05) is 6.07 Å². The second-order valence-electron chi connectivity index (χ2n) is 6.00. The van der Waals surface area contributed by atoms with E-state index in [0.29, 0.717) is 18.5 Å². The monoisotopic (exact) mass is 330 g/mol. The Kier molecular flexibility index (Phi) is 4.30. The highest BCUT2D eigenvalue weighted by molar-refractivity contribution is 5.93. The number of hydrogen-bond acceptors (Lipinski definition) is 5. The predicted octanol–water partition coefficient (Wildman–Crippen LogP) is -0.289. The molecule has 1 aliphatic rings. The van der Waals surface area contributed by atoms with Crippen LogP contribution in [0.1, 0.15) is 34.9 Å². The van der Waals surface area contributed by atoms with E-state index in [1.54, 1.807) is 18.3 Å². The molecule has 24 heavy (non-hydrogen) atoms. The summed E-state index contributed by atoms with van der Waals surface area (Å²) in [5.41, 5.74) is -0.786. The highest BCUT2D eigenvalue weighted by atomic mass is 16.3. The number of hydrogen-bond donors (Lipinski definition) is 3. The first-order valence-corrected chi connectivity index (χ1v) is 7.65. The molecule has 8 nitrogen and oxygen atoms in total. The quantitative estimate of drug-likeness (QED) is 0.712. The molecule has 3 N–H and O–H groups in total. The Morgan fingerprint density at radius 1 is 1.42 bits per heavy atom. The van der Waals surface area contributed by atoms with Crippen molar-refractivity contribution in [3.8, 4) is 0 Å². The molecule has 0 bridgehead atoms. The molecule has 1 amide bonds. The van der Waals surface area contributed by atoms with Crippen LogP contribution in [0.25, 0.3) is 0 Å². The smallest absolute Gasteiger partial charge is 0.328 e. The van der Waals surface area contributed by atoms with Crippen LogP contribution in [-0.4, -0.2) is 31.7 Å². The highest BCUT2D eigenvalue weighted by Crippen LogP contribution is 2.37. The summed E-state index contributed by atoms with van der Waals surface area (Å²) in [6.07, 6.45) is 3.58. The van der Waals surface area contributed by atoms with Crippen molar-refractivity contribution in [1.29, 1.82) is 0 Å². The average molecular weight is 330 g/mol. The van der Waals surface area contributed by atoms with Gasteiger partial charge in [0.1, 0.15) is 5.56 Å². The number of aryl methyl sites for hydroxylation is 1. The van der Waals surface area contributed by atoms with Crippen LogP contribution in [0, 0.1) is 5.92 Å². The first-order valence-electron chi connectivity index (χ1n) is 7.65. The molecule has 8 heteroatoms. The molecule has 1 saturated carbocycles. The Morgan fingerprint density at radius 2 is 2.17 bits per heavy atom. The van der Waals surface area contributed by atoms with Crippen LogP contribution in [0.3, 0.4) is 0 Å². The minimum absolute atomic E-state index is 0.0467. The minimum atomic E-state index is -0.732. The molecule has 3 rings (SSSR count). The molecule has 1 aliphatic carbocycles. The molecule has 0 aliphatic heterocycles. The molecular weight excluding hydrogens is 312 g/mol. The van der Waals surface area contributed by atoms with E-state index in [9.17, 15) is 19.5 Å². The van der Waals surface area contributed by atoms with Gasteiger partial charge in [-0.2, -0.15) is 0 Å². The van der Waals surface area contributed by atoms with Gasteiger partial charge in [0, 0.05) is 19.4 Å². The molecule has 0 radical (unpaired) electrons. The Bertz CT molecular complexity index is 852. The van der Waals surface area contributed by atoms with Crippen LogP contribution in [0.15, 0.2) is 40.2 Å². The molecule has 1 unspecified atom stereocenters. The van der Waals surface area contributed by atoms with Crippen LogP contribution < -0.4 is 16.6 Å². The Morgan fingerprint density at radius 3 is 2.79 bits per heavy atom. The second-order valence-corrected chi connectivity index (χ2v) is 6.00. The van der Waals surface area contributed by atoms with Gasteiger partial charge in [0.25, 0.3) is 11.5 Å². The fourth-order valence-corrected chi connectivity index (χ4v) is 2.84. The van der Waals surface area contributed by atoms with Crippen LogP contribution in [0.2, 0.25) is 0 Å². The van der Waals surface area contributed by atoms with E-state index in [0.717, 1.165) is 4.57 Å². The van der Waals surface area contributed by atoms with E-state index < -0.39 is 23.2 Å². The number of rotatable bonds is 4. The number of pyridine rings is 1. The summed E-state index contributed by atoms with van der Waals surface area (Å²) in [6, 6.07) is 4.98. The number of aliphatic hydroxyl groups is 1. The summed E-state index contributed by atoms with van der Waals surface area (Å²) < 4.78 is 1.14. The molecule has 0 aromatic carbocycles. The van der Waals surface area contributed by atoms with E-state index in [4.69, 9.17) is 0 Å². The summed E-state index contributed by atoms with van der Waals surface area (Å²) in [5, 5.41) is 12.4. The maximum atomic E-state index is 12.5. The topological polar surface area (TPSA) is 117 Å². The van der Waals surface area contributed by atoms with Crippen molar-refractivity contribution in [3.05, 3.63) is 62.7 Å². The second kappa shape index (κ2) is 6.40. The summed E-state index contributed by atoms with van der Waals surface area (Å²) >= 11 is 0. The van der Waals surface area contributed by atoms with Crippen LogP contribution in [-0.2, 0) is 7.05 Å². The number of nitrogens with one attached hydrogen (secondary N) is 2. The SMILES string of the molecule is Cn1cc(C(=O)NC(c2ccccn2)C2CC(O)C2)c(=O)[nH]c1=O. The fraction of sp³-hybridized carbons (Fsp3) is 0.375. The third kappa shape index (κ3) is 3.13. The van der Waals surface area contributed by atoms with Crippen LogP contribution in [0.4, 0.5) is 0 Å². The first-order chi connectivity index (χ1) is 11.5. The number of aromatic nitrogens is 3. The number of H-pyrrole nitrogens is 1. The number of carbonyl (C=O) groups excluding carboxylic acids is 1. The predicted molar refractivity (Wildman–Crippen MR) is 85.5 cm³/mol. The van der Waals surface area contributed by atoms with Crippen molar-refractivity contribution in [2.75, 3.05) is 0 Å². The van der Waals surface area contributed by atoms with Crippen molar-refractivity contribution >= 4 is 5.91 Å². The van der Waals surface area contributed by atoms with Gasteiger partial charge in [-0.15, -0.1) is 0 Å². The number of nitrogens with zero attached hydrogens (tertiary/aromatic N) is 2. The number of aliphatic hydroxyl groups excluding tert-OH is 1. The van der Waals surface area contributed by atoms with Gasteiger partial charge in [0.05, 0.1) is 17.8 Å². The summed E-state index contributed by atoms with van der Waals surface area (Å²) in [4.78, 5) is 42.1. The van der Waals surface area contributed by atoms with Gasteiger partial charge in [-0.3, -0.25) is 19.6 Å². The molecule has 1 atom stereocenters. The molecule has 126 valence electrons. The lowest BCUT2D eigenvalue weighted by atomic mass is 9.76. The first kappa shape index (κ1) is 16.1. The molecule has 2 heterocycles. The average Bonchev–Trinajstić information content (AvgIpc) is 2.54. The maximum absolute atomic E-state index is 12.5. The van der Waals surface area contributed by atoms with Gasteiger partial charge >= 0.3 is 5.69 Å². The lowest BCUT2D eigenvalue weighted by Gasteiger charge is -2.37. The number of carbonyl (C=O) groups is 1. The van der Waals surface area contributed by atoms with Gasteiger partial charge in [-0.05, 0) is 30.9 Å². The Labute approximate surface area is 137 Å². The molecule has 1 fully saturated rings. The Balaban J connectivity index is 1.88. The fourth-order valence-electron chi connectivity index (χ4n) is 2.84. The maximum Gasteiger partial charge on any atom is 0.328 e. The molecular formula is C16H18N4O4. The van der Waals surface area contributed by atoms with Gasteiger partial charge < -0.3 is 15.0 Å². The number of aromatic amines is 1. The van der Waals surface area contributed by atoms with Crippen molar-refractivity contribution in [2.24, 2.45) is 13.0 Å². The largest absolute Gasteiger partial charge is 0.393 e. The minimum Gasteiger partial charge on any atom is -0.393 e. The molecule has 0 spiro atoms. The van der Waals surface area contributed by atoms with E-state index >= 15 is 0 Å². The summed E-state index contributed by atoms with van der Waals surface area (Å²) in [7, 11) is 1.45. The van der Waals surface area contributed by atoms with Crippen LogP contribution in [0.5, 0.6) is 0 Å². The van der Waals surface area contributed by atoms with Crippen molar-refractivity contribution < 1.29 is 9.90 Å². The highest BCUT2D eigenvalue weighted by Gasteiger charge is 2.36. The van der Waals surface area contributed by atoms with Crippen molar-refractivity contribution in [3.63, 3.8) is 0 Å². The normalized spacial score (nSPS) is 20.9. The molecule has 2 aromatic rings. The van der Waals surface area contributed by atoms with Crippen molar-refractivity contribution in [2.45, 2.75) is 25.0 Å². The third-order valence-electron chi connectivity index (χ3n) is 4.27. The lowest BCUT2D eigenvalue weighted by molar-refractivity contribution is 0.0228. The van der Waals surface area contributed by atoms with Gasteiger partial charge in [-0.25, -0.2) is 4.79 Å². The zero-order valence-electron chi connectivity index (χ0n) is 13.1. The molecule has 0 saturated heterocycles. The van der Waals surface area contributed by atoms with Gasteiger partial charge in [0.2, 0.25) is 0 Å². The van der Waals surface area contributed by atoms with Crippen LogP contribution >= 0.6 is 0 Å². The number of amides is 1. The van der Waals surface area contributed by atoms with E-state index in [-0.39, 0.29) is 17.6 Å². The zero-order chi connectivity index (χ0) is 17.3. The van der Waals surface area contributed by atoms with Crippen molar-refractivity contribution in [1.82, 2.24) is 19.9 Å². The van der Waals surface area contributed by atoms with E-state index in [2.05, 4.69) is 15.3 Å². The summed E-state index contributed by atoms with van der Waals surface area (Å²) in [5.74, 6) is -0.533. The standard InChI is InChI=1S/C16H18N4O4/c1-20-8-11(15(23)19-16(20)24)14(22)18-13(9-6-10(21)7-9)12-4-2-3-5-17-12/h2-5,8-10,13,21H,6-7H2,1H3,(H,18,22)(H,19,23,24). The lowest BCUT2D eigenvalue weighted by Crippen LogP contribution is -2.43. The molecule has 2 aromatic heterocycles. The Hall–Kier alpha value is -2.74.